The summed E-state index contributed by atoms with van der Waals surface area (Å²) >= 11 is 0. The van der Waals surface area contributed by atoms with Gasteiger partial charge in [-0.05, 0) is 19.3 Å². The standard InChI is InChI=1S/C55H107NO9/c1-3-5-7-9-11-13-15-17-18-19-20-21-22-23-24-25-26-27-28-29-30-32-34-36-38-40-42-44-49(59)54(63)56-47(46-64-55-53(62)52(61)51(60)50(45-57)65-55)48(58)43-41-39-37-35-33-31-16-14-12-10-8-6-4-2/h41,43,47-53,55,57-62H,3-40,42,44-46H2,1-2H3,(H,56,63)/b43-41+. The van der Waals surface area contributed by atoms with E-state index >= 15 is 0 Å². The molecule has 0 bridgehead atoms. The van der Waals surface area contributed by atoms with E-state index in [0.29, 0.717) is 6.42 Å². The first-order chi connectivity index (χ1) is 31.8. The summed E-state index contributed by atoms with van der Waals surface area (Å²) in [6.45, 7) is 3.63. The third-order valence-electron chi connectivity index (χ3n) is 13.7. The van der Waals surface area contributed by atoms with Crippen molar-refractivity contribution in [2.75, 3.05) is 13.2 Å². The van der Waals surface area contributed by atoms with E-state index in [1.807, 2.05) is 6.08 Å². The zero-order chi connectivity index (χ0) is 47.4. The first-order valence-corrected chi connectivity index (χ1v) is 28.0. The summed E-state index contributed by atoms with van der Waals surface area (Å²) in [7, 11) is 0. The summed E-state index contributed by atoms with van der Waals surface area (Å²) in [4.78, 5) is 13.1. The molecule has 0 aromatic rings. The molecule has 1 aliphatic heterocycles. The van der Waals surface area contributed by atoms with Gasteiger partial charge < -0.3 is 45.4 Å². The summed E-state index contributed by atoms with van der Waals surface area (Å²) in [5.74, 6) is -0.611. The molecule has 65 heavy (non-hydrogen) atoms. The van der Waals surface area contributed by atoms with Crippen LogP contribution < -0.4 is 5.32 Å². The molecule has 1 aliphatic rings. The van der Waals surface area contributed by atoms with Crippen LogP contribution in [0.1, 0.15) is 271 Å². The Labute approximate surface area is 399 Å². The number of hydrogen-bond donors (Lipinski definition) is 7. The lowest BCUT2D eigenvalue weighted by Gasteiger charge is -2.40. The number of aliphatic hydroxyl groups excluding tert-OH is 6. The van der Waals surface area contributed by atoms with Crippen LogP contribution >= 0.6 is 0 Å². The number of allylic oxidation sites excluding steroid dienone is 1. The second-order valence-corrected chi connectivity index (χ2v) is 19.9. The molecular formula is C55H107NO9. The number of hydrogen-bond acceptors (Lipinski definition) is 9. The number of carbonyl (C=O) groups excluding carboxylic acids is 1. The molecule has 1 fully saturated rings. The van der Waals surface area contributed by atoms with Gasteiger partial charge in [-0.1, -0.05) is 264 Å². The molecule has 0 radical (unpaired) electrons. The van der Waals surface area contributed by atoms with Crippen LogP contribution in [0.4, 0.5) is 0 Å². The molecule has 0 spiro atoms. The van der Waals surface area contributed by atoms with Gasteiger partial charge in [0.05, 0.1) is 25.4 Å². The minimum atomic E-state index is -1.61. The van der Waals surface area contributed by atoms with Crippen LogP contribution in [0.5, 0.6) is 0 Å². The first-order valence-electron chi connectivity index (χ1n) is 28.0. The highest BCUT2D eigenvalue weighted by Gasteiger charge is 2.44. The number of ether oxygens (including phenoxy) is 2. The summed E-state index contributed by atoms with van der Waals surface area (Å²) in [6, 6.07) is -0.975. The Morgan fingerprint density at radius 1 is 0.523 bits per heavy atom. The summed E-state index contributed by atoms with van der Waals surface area (Å²) in [5.41, 5.74) is 0. The van der Waals surface area contributed by atoms with Crippen LogP contribution in [-0.2, 0) is 14.3 Å². The third kappa shape index (κ3) is 34.8. The van der Waals surface area contributed by atoms with Gasteiger partial charge in [0.25, 0.3) is 0 Å². The second kappa shape index (κ2) is 45.3. The fourth-order valence-electron chi connectivity index (χ4n) is 9.17. The van der Waals surface area contributed by atoms with Crippen molar-refractivity contribution in [1.82, 2.24) is 5.32 Å². The average Bonchev–Trinajstić information content (AvgIpc) is 3.31. The van der Waals surface area contributed by atoms with Gasteiger partial charge in [0.1, 0.15) is 30.5 Å². The average molecular weight is 926 g/mol. The Kier molecular flexibility index (Phi) is 43.2. The number of aliphatic hydroxyl groups is 6. The number of nitrogens with one attached hydrogen (secondary N) is 1. The van der Waals surface area contributed by atoms with E-state index in [-0.39, 0.29) is 6.61 Å². The van der Waals surface area contributed by atoms with E-state index in [4.69, 9.17) is 9.47 Å². The lowest BCUT2D eigenvalue weighted by Crippen LogP contribution is -2.60. The number of amides is 1. The molecule has 1 amide bonds. The smallest absolute Gasteiger partial charge is 0.249 e. The molecule has 1 heterocycles. The van der Waals surface area contributed by atoms with Crippen molar-refractivity contribution in [3.63, 3.8) is 0 Å². The van der Waals surface area contributed by atoms with Gasteiger partial charge in [0.15, 0.2) is 6.29 Å². The minimum Gasteiger partial charge on any atom is -0.394 e. The highest BCUT2D eigenvalue weighted by atomic mass is 16.7. The highest BCUT2D eigenvalue weighted by Crippen LogP contribution is 2.23. The quantitative estimate of drug-likeness (QED) is 0.0232. The largest absolute Gasteiger partial charge is 0.394 e. The van der Waals surface area contributed by atoms with Crippen LogP contribution in [0.25, 0.3) is 0 Å². The second-order valence-electron chi connectivity index (χ2n) is 19.9. The van der Waals surface area contributed by atoms with Crippen LogP contribution in [0, 0.1) is 0 Å². The molecule has 0 saturated carbocycles. The molecule has 8 atom stereocenters. The fourth-order valence-corrected chi connectivity index (χ4v) is 9.17. The Bertz CT molecular complexity index is 1050. The van der Waals surface area contributed by atoms with Crippen molar-refractivity contribution < 1.29 is 44.9 Å². The minimum absolute atomic E-state index is 0.301. The highest BCUT2D eigenvalue weighted by molar-refractivity contribution is 5.80. The van der Waals surface area contributed by atoms with E-state index < -0.39 is 61.5 Å². The monoisotopic (exact) mass is 926 g/mol. The predicted molar refractivity (Wildman–Crippen MR) is 269 cm³/mol. The van der Waals surface area contributed by atoms with Crippen LogP contribution in [-0.4, -0.2) is 98.7 Å². The Hall–Kier alpha value is -1.11. The van der Waals surface area contributed by atoms with Crippen molar-refractivity contribution in [2.24, 2.45) is 0 Å². The SMILES string of the molecule is CCCCCCCCCCCCC/C=C/C(O)C(COC1OC(CO)C(O)C(O)C1O)NC(=O)C(O)CCCCCCCCCCCCCCCCCCCCCCCCCCCCC. The fraction of sp³-hybridized carbons (Fsp3) is 0.945. The van der Waals surface area contributed by atoms with Crippen molar-refractivity contribution in [3.8, 4) is 0 Å². The van der Waals surface area contributed by atoms with Gasteiger partial charge in [-0.25, -0.2) is 0 Å². The lowest BCUT2D eigenvalue weighted by molar-refractivity contribution is -0.302. The zero-order valence-corrected chi connectivity index (χ0v) is 42.4. The molecule has 8 unspecified atom stereocenters. The Balaban J connectivity index is 2.20. The molecule has 1 saturated heterocycles. The predicted octanol–water partition coefficient (Wildman–Crippen LogP) is 12.2. The van der Waals surface area contributed by atoms with Crippen LogP contribution in [0.2, 0.25) is 0 Å². The van der Waals surface area contributed by atoms with E-state index in [1.54, 1.807) is 6.08 Å². The van der Waals surface area contributed by atoms with E-state index in [0.717, 1.165) is 44.9 Å². The van der Waals surface area contributed by atoms with E-state index in [2.05, 4.69) is 19.2 Å². The third-order valence-corrected chi connectivity index (χ3v) is 13.7. The van der Waals surface area contributed by atoms with Gasteiger partial charge >= 0.3 is 0 Å². The first kappa shape index (κ1) is 61.9. The molecule has 0 aliphatic carbocycles. The topological polar surface area (TPSA) is 169 Å². The van der Waals surface area contributed by atoms with Crippen LogP contribution in [0.15, 0.2) is 12.2 Å². The molecule has 0 aromatic carbocycles. The molecule has 10 nitrogen and oxygen atoms in total. The molecule has 1 rings (SSSR count). The van der Waals surface area contributed by atoms with Crippen LogP contribution in [0.3, 0.4) is 0 Å². The normalized spacial score (nSPS) is 20.4. The van der Waals surface area contributed by atoms with Crippen molar-refractivity contribution in [3.05, 3.63) is 12.2 Å². The zero-order valence-electron chi connectivity index (χ0n) is 42.4. The Morgan fingerprint density at radius 3 is 1.25 bits per heavy atom. The summed E-state index contributed by atoms with van der Waals surface area (Å²) in [5, 5.41) is 64.9. The summed E-state index contributed by atoms with van der Waals surface area (Å²) in [6.07, 6.45) is 44.6. The number of rotatable bonds is 48. The van der Waals surface area contributed by atoms with E-state index in [9.17, 15) is 35.4 Å². The molecule has 386 valence electrons. The molecule has 0 aromatic heterocycles. The lowest BCUT2D eigenvalue weighted by atomic mass is 9.99. The van der Waals surface area contributed by atoms with Crippen molar-refractivity contribution in [2.45, 2.75) is 320 Å². The maximum absolute atomic E-state index is 13.1. The van der Waals surface area contributed by atoms with Crippen molar-refractivity contribution >= 4 is 5.91 Å². The number of unbranched alkanes of at least 4 members (excludes halogenated alkanes) is 37. The molecule has 7 N–H and O–H groups in total. The maximum atomic E-state index is 13.1. The van der Waals surface area contributed by atoms with E-state index in [1.165, 1.54) is 205 Å². The van der Waals surface area contributed by atoms with Gasteiger partial charge in [0, 0.05) is 0 Å². The molecule has 10 heteroatoms. The maximum Gasteiger partial charge on any atom is 0.249 e. The van der Waals surface area contributed by atoms with Gasteiger partial charge in [0.2, 0.25) is 5.91 Å². The van der Waals surface area contributed by atoms with Crippen molar-refractivity contribution in [1.29, 1.82) is 0 Å². The van der Waals surface area contributed by atoms with Gasteiger partial charge in [-0.2, -0.15) is 0 Å². The number of carbonyl (C=O) groups is 1. The summed E-state index contributed by atoms with van der Waals surface area (Å²) < 4.78 is 11.2. The van der Waals surface area contributed by atoms with Gasteiger partial charge in [-0.15, -0.1) is 0 Å². The Morgan fingerprint density at radius 2 is 0.877 bits per heavy atom. The van der Waals surface area contributed by atoms with Gasteiger partial charge in [-0.3, -0.25) is 4.79 Å². The molecular weight excluding hydrogens is 819 g/mol.